The third kappa shape index (κ3) is 11.0. The lowest BCUT2D eigenvalue weighted by Gasteiger charge is -2.24. The molecule has 0 bridgehead atoms. The first-order chi connectivity index (χ1) is 22.3. The van der Waals surface area contributed by atoms with Gasteiger partial charge < -0.3 is 34.9 Å². The number of carbonyl (C=O) groups excluding carboxylic acids is 3. The van der Waals surface area contributed by atoms with Crippen LogP contribution < -0.4 is 25.3 Å². The third-order valence-electron chi connectivity index (χ3n) is 7.06. The Morgan fingerprint density at radius 3 is 2.26 bits per heavy atom. The Morgan fingerprint density at radius 1 is 0.913 bits per heavy atom. The van der Waals surface area contributed by atoms with Crippen LogP contribution >= 0.6 is 0 Å². The number of nitrogens with two attached hydrogens (primary N) is 1. The second-order valence-corrected chi connectivity index (χ2v) is 10.2. The van der Waals surface area contributed by atoms with Gasteiger partial charge in [-0.25, -0.2) is 4.79 Å². The number of amides is 2. The smallest absolute Gasteiger partial charge is 0.328 e. The Labute approximate surface area is 268 Å². The highest BCUT2D eigenvalue weighted by Crippen LogP contribution is 2.31. The SMILES string of the molecule is COC(=O)[C@H](CCC(=O)N(C/C=C/COc1cc(OC)ccc1N=O)Cc1ccc(OC)cc1)NC(=O)[C@H](N)Cc1ccccc1. The van der Waals surface area contributed by atoms with Crippen molar-refractivity contribution in [3.63, 3.8) is 0 Å². The number of esters is 1. The van der Waals surface area contributed by atoms with Crippen molar-refractivity contribution in [2.75, 3.05) is 34.5 Å². The number of nitrogens with zero attached hydrogens (tertiary/aromatic N) is 2. The highest BCUT2D eigenvalue weighted by Gasteiger charge is 2.26. The molecular formula is C34H40N4O8. The van der Waals surface area contributed by atoms with Crippen molar-refractivity contribution in [2.24, 2.45) is 10.9 Å². The summed E-state index contributed by atoms with van der Waals surface area (Å²) in [7, 11) is 4.29. The van der Waals surface area contributed by atoms with Gasteiger partial charge in [0.25, 0.3) is 0 Å². The lowest BCUT2D eigenvalue weighted by Crippen LogP contribution is -2.49. The molecule has 2 atom stereocenters. The number of methoxy groups -OCH3 is 3. The molecule has 46 heavy (non-hydrogen) atoms. The van der Waals surface area contributed by atoms with Crippen LogP contribution in [0.5, 0.6) is 17.2 Å². The van der Waals surface area contributed by atoms with E-state index >= 15 is 0 Å². The standard InChI is InChI=1S/C34H40N4O8/c1-43-26-13-11-25(12-14-26)23-38(19-7-8-20-46-31-22-27(44-2)15-16-29(31)37-42)32(39)18-17-30(34(41)45-3)36-33(40)28(35)21-24-9-5-4-6-10-24/h4-16,22,28,30H,17-21,23,35H2,1-3H3,(H,36,40)/b8-7+/t28-,30+/m1/s1. The summed E-state index contributed by atoms with van der Waals surface area (Å²) < 4.78 is 21.0. The fourth-order valence-corrected chi connectivity index (χ4v) is 4.48. The molecule has 0 saturated heterocycles. The maximum absolute atomic E-state index is 13.5. The van der Waals surface area contributed by atoms with Crippen LogP contribution in [0.25, 0.3) is 0 Å². The number of hydrogen-bond donors (Lipinski definition) is 2. The largest absolute Gasteiger partial charge is 0.497 e. The Kier molecular flexibility index (Phi) is 14.2. The van der Waals surface area contributed by atoms with Crippen LogP contribution in [0, 0.1) is 4.91 Å². The number of benzene rings is 3. The van der Waals surface area contributed by atoms with E-state index in [0.29, 0.717) is 11.5 Å². The molecule has 2 amide bonds. The van der Waals surface area contributed by atoms with E-state index in [1.165, 1.54) is 20.3 Å². The minimum atomic E-state index is -1.06. The summed E-state index contributed by atoms with van der Waals surface area (Å²) in [5.41, 5.74) is 7.99. The zero-order valence-electron chi connectivity index (χ0n) is 26.2. The van der Waals surface area contributed by atoms with Gasteiger partial charge in [-0.1, -0.05) is 48.5 Å². The Bertz CT molecular complexity index is 1460. The monoisotopic (exact) mass is 632 g/mol. The van der Waals surface area contributed by atoms with E-state index in [1.807, 2.05) is 42.5 Å². The van der Waals surface area contributed by atoms with Crippen LogP contribution in [0.15, 0.2) is 90.1 Å². The van der Waals surface area contributed by atoms with Crippen molar-refractivity contribution >= 4 is 23.5 Å². The van der Waals surface area contributed by atoms with E-state index in [2.05, 4.69) is 10.5 Å². The number of nitrogens with one attached hydrogen (secondary N) is 1. The molecule has 3 aromatic rings. The summed E-state index contributed by atoms with van der Waals surface area (Å²) >= 11 is 0. The second-order valence-electron chi connectivity index (χ2n) is 10.2. The summed E-state index contributed by atoms with van der Waals surface area (Å²) in [6.45, 7) is 0.614. The molecule has 0 aromatic heterocycles. The number of ether oxygens (including phenoxy) is 4. The van der Waals surface area contributed by atoms with Gasteiger partial charge in [0.05, 0.1) is 27.4 Å². The zero-order chi connectivity index (χ0) is 33.3. The van der Waals surface area contributed by atoms with Crippen molar-refractivity contribution in [2.45, 2.75) is 37.9 Å². The summed E-state index contributed by atoms with van der Waals surface area (Å²) in [6, 6.07) is 19.3. The lowest BCUT2D eigenvalue weighted by atomic mass is 10.0. The Hall–Kier alpha value is -5.23. The molecule has 0 spiro atoms. The van der Waals surface area contributed by atoms with Gasteiger partial charge >= 0.3 is 5.97 Å². The van der Waals surface area contributed by atoms with Crippen LogP contribution in [0.4, 0.5) is 5.69 Å². The van der Waals surface area contributed by atoms with Gasteiger partial charge in [-0.15, -0.1) is 4.91 Å². The van der Waals surface area contributed by atoms with Gasteiger partial charge in [-0.05, 0) is 59.5 Å². The van der Waals surface area contributed by atoms with Crippen molar-refractivity contribution in [3.8, 4) is 17.2 Å². The molecule has 0 radical (unpaired) electrons. The number of nitroso groups, excluding NO2 is 1. The predicted octanol–water partition coefficient (Wildman–Crippen LogP) is 4.07. The molecule has 3 rings (SSSR count). The van der Waals surface area contributed by atoms with E-state index < -0.39 is 24.0 Å². The Balaban J connectivity index is 1.65. The third-order valence-corrected chi connectivity index (χ3v) is 7.06. The van der Waals surface area contributed by atoms with Crippen molar-refractivity contribution in [1.29, 1.82) is 0 Å². The molecule has 3 N–H and O–H groups in total. The zero-order valence-corrected chi connectivity index (χ0v) is 26.2. The summed E-state index contributed by atoms with van der Waals surface area (Å²) in [5.74, 6) is 0.0231. The number of rotatable bonds is 18. The van der Waals surface area contributed by atoms with Crippen molar-refractivity contribution in [3.05, 3.63) is 101 Å². The van der Waals surface area contributed by atoms with Crippen LogP contribution in [0.3, 0.4) is 0 Å². The van der Waals surface area contributed by atoms with Crippen molar-refractivity contribution < 1.29 is 33.3 Å². The first-order valence-electron chi connectivity index (χ1n) is 14.7. The van der Waals surface area contributed by atoms with E-state index in [0.717, 1.165) is 11.1 Å². The summed E-state index contributed by atoms with van der Waals surface area (Å²) in [4.78, 5) is 51.6. The quantitative estimate of drug-likeness (QED) is 0.120. The maximum Gasteiger partial charge on any atom is 0.328 e. The summed E-state index contributed by atoms with van der Waals surface area (Å²) in [5, 5.41) is 5.62. The highest BCUT2D eigenvalue weighted by molar-refractivity contribution is 5.88. The van der Waals surface area contributed by atoms with Gasteiger partial charge in [-0.2, -0.15) is 0 Å². The summed E-state index contributed by atoms with van der Waals surface area (Å²) in [6.07, 6.45) is 3.73. The van der Waals surface area contributed by atoms with Crippen LogP contribution in [-0.2, 0) is 32.1 Å². The Morgan fingerprint density at radius 2 is 1.61 bits per heavy atom. The molecule has 0 aliphatic heterocycles. The number of carbonyl (C=O) groups is 3. The van der Waals surface area contributed by atoms with Gasteiger partial charge in [0, 0.05) is 25.6 Å². The molecule has 0 fully saturated rings. The topological polar surface area (TPSA) is 159 Å². The van der Waals surface area contributed by atoms with Gasteiger partial charge in [0.15, 0.2) is 5.75 Å². The van der Waals surface area contributed by atoms with Crippen LogP contribution in [0.1, 0.15) is 24.0 Å². The lowest BCUT2D eigenvalue weighted by molar-refractivity contribution is -0.145. The average molecular weight is 633 g/mol. The molecular weight excluding hydrogens is 592 g/mol. The van der Waals surface area contributed by atoms with Gasteiger partial charge in [0.2, 0.25) is 11.8 Å². The second kappa shape index (κ2) is 18.5. The first kappa shape index (κ1) is 35.3. The minimum absolute atomic E-state index is 0.0125. The van der Waals surface area contributed by atoms with Crippen LogP contribution in [-0.4, -0.2) is 69.2 Å². The number of hydrogen-bond acceptors (Lipinski definition) is 10. The molecule has 0 heterocycles. The normalized spacial score (nSPS) is 12.1. The van der Waals surface area contributed by atoms with E-state index in [-0.39, 0.29) is 56.3 Å². The molecule has 0 aliphatic rings. The molecule has 0 saturated carbocycles. The first-order valence-corrected chi connectivity index (χ1v) is 14.7. The van der Waals surface area contributed by atoms with Crippen LogP contribution in [0.2, 0.25) is 0 Å². The van der Waals surface area contributed by atoms with Crippen molar-refractivity contribution in [1.82, 2.24) is 10.2 Å². The molecule has 244 valence electrons. The highest BCUT2D eigenvalue weighted by atomic mass is 16.5. The molecule has 0 unspecified atom stereocenters. The predicted molar refractivity (Wildman–Crippen MR) is 173 cm³/mol. The fraction of sp³-hybridized carbons (Fsp3) is 0.324. The minimum Gasteiger partial charge on any atom is -0.497 e. The van der Waals surface area contributed by atoms with E-state index in [4.69, 9.17) is 24.7 Å². The molecule has 3 aromatic carbocycles. The maximum atomic E-state index is 13.5. The average Bonchev–Trinajstić information content (AvgIpc) is 3.09. The molecule has 0 aliphatic carbocycles. The fourth-order valence-electron chi connectivity index (χ4n) is 4.48. The van der Waals surface area contributed by atoms with Gasteiger partial charge in [-0.3, -0.25) is 9.59 Å². The van der Waals surface area contributed by atoms with E-state index in [1.54, 1.807) is 48.4 Å². The molecule has 12 heteroatoms. The van der Waals surface area contributed by atoms with Gasteiger partial charge in [0.1, 0.15) is 29.8 Å². The molecule has 12 nitrogen and oxygen atoms in total. The van der Waals surface area contributed by atoms with E-state index in [9.17, 15) is 19.3 Å².